The molecule has 0 radical (unpaired) electrons. The van der Waals surface area contributed by atoms with Crippen LogP contribution in [0.15, 0.2) is 53.8 Å². The molecular formula is C24H21F5N4O3S. The highest BCUT2D eigenvalue weighted by Gasteiger charge is 2.43. The molecule has 37 heavy (non-hydrogen) atoms. The van der Waals surface area contributed by atoms with Crippen molar-refractivity contribution in [2.24, 2.45) is 0 Å². The fourth-order valence-electron chi connectivity index (χ4n) is 4.08. The van der Waals surface area contributed by atoms with Crippen molar-refractivity contribution < 1.29 is 35.2 Å². The van der Waals surface area contributed by atoms with E-state index in [-0.39, 0.29) is 29.7 Å². The third kappa shape index (κ3) is 5.82. The van der Waals surface area contributed by atoms with Crippen LogP contribution in [0.4, 0.5) is 22.0 Å². The van der Waals surface area contributed by atoms with Gasteiger partial charge in [-0.05, 0) is 54.8 Å². The van der Waals surface area contributed by atoms with E-state index in [0.717, 1.165) is 41.0 Å². The quantitative estimate of drug-likeness (QED) is 0.415. The van der Waals surface area contributed by atoms with Gasteiger partial charge in [-0.2, -0.15) is 17.5 Å². The molecule has 0 bridgehead atoms. The highest BCUT2D eigenvalue weighted by atomic mass is 32.2. The number of hydrogen-bond acceptors (Lipinski definition) is 6. The molecule has 3 aromatic rings. The van der Waals surface area contributed by atoms with Crippen molar-refractivity contribution in [3.63, 3.8) is 0 Å². The van der Waals surface area contributed by atoms with Crippen molar-refractivity contribution >= 4 is 15.8 Å². The Morgan fingerprint density at radius 3 is 2.35 bits per heavy atom. The van der Waals surface area contributed by atoms with Gasteiger partial charge in [0.15, 0.2) is 5.78 Å². The average Bonchev–Trinajstić information content (AvgIpc) is 3.26. The maximum atomic E-state index is 14.3. The van der Waals surface area contributed by atoms with Gasteiger partial charge >= 0.3 is 6.18 Å². The van der Waals surface area contributed by atoms with Gasteiger partial charge in [-0.1, -0.05) is 0 Å². The van der Waals surface area contributed by atoms with Gasteiger partial charge in [0.05, 0.1) is 16.6 Å². The Morgan fingerprint density at radius 2 is 1.73 bits per heavy atom. The number of rotatable bonds is 7. The number of benzene rings is 1. The summed E-state index contributed by atoms with van der Waals surface area (Å²) in [6, 6.07) is 4.44. The van der Waals surface area contributed by atoms with E-state index in [1.807, 2.05) is 0 Å². The summed E-state index contributed by atoms with van der Waals surface area (Å²) in [5.41, 5.74) is 1.90. The van der Waals surface area contributed by atoms with E-state index in [2.05, 4.69) is 15.0 Å². The summed E-state index contributed by atoms with van der Waals surface area (Å²) in [7, 11) is -4.23. The Kier molecular flexibility index (Phi) is 7.38. The number of hydrogen-bond donors (Lipinski definition) is 0. The summed E-state index contributed by atoms with van der Waals surface area (Å²) in [6.45, 7) is 1.25. The predicted molar refractivity (Wildman–Crippen MR) is 122 cm³/mol. The van der Waals surface area contributed by atoms with E-state index in [9.17, 15) is 35.2 Å². The van der Waals surface area contributed by atoms with E-state index in [1.165, 1.54) is 6.20 Å². The maximum absolute atomic E-state index is 14.3. The van der Waals surface area contributed by atoms with Crippen LogP contribution in [0.25, 0.3) is 11.3 Å². The number of carbonyl (C=O) groups is 1. The van der Waals surface area contributed by atoms with Crippen molar-refractivity contribution in [3.05, 3.63) is 71.7 Å². The van der Waals surface area contributed by atoms with E-state index >= 15 is 0 Å². The van der Waals surface area contributed by atoms with Gasteiger partial charge in [-0.15, -0.1) is 0 Å². The average molecular weight is 541 g/mol. The second kappa shape index (κ2) is 10.2. The molecule has 0 amide bonds. The van der Waals surface area contributed by atoms with Gasteiger partial charge in [0, 0.05) is 43.5 Å². The molecule has 1 aliphatic rings. The molecule has 2 aromatic heterocycles. The first-order chi connectivity index (χ1) is 17.4. The number of sulfonamides is 1. The van der Waals surface area contributed by atoms with Gasteiger partial charge in [-0.3, -0.25) is 9.78 Å². The Morgan fingerprint density at radius 1 is 1.08 bits per heavy atom. The molecule has 3 heterocycles. The second-order valence-electron chi connectivity index (χ2n) is 8.63. The normalized spacial score (nSPS) is 18.8. The topological polar surface area (TPSA) is 93.1 Å². The van der Waals surface area contributed by atoms with Crippen LogP contribution in [-0.4, -0.2) is 52.2 Å². The van der Waals surface area contributed by atoms with Gasteiger partial charge < -0.3 is 0 Å². The lowest BCUT2D eigenvalue weighted by Crippen LogP contribution is -2.40. The van der Waals surface area contributed by atoms with Gasteiger partial charge in [0.2, 0.25) is 15.8 Å². The molecule has 0 N–H and O–H groups in total. The summed E-state index contributed by atoms with van der Waals surface area (Å²) < 4.78 is 92.5. The highest BCUT2D eigenvalue weighted by molar-refractivity contribution is 7.89. The van der Waals surface area contributed by atoms with E-state index in [4.69, 9.17) is 0 Å². The molecule has 1 aliphatic heterocycles. The molecule has 1 saturated heterocycles. The Labute approximate surface area is 209 Å². The molecule has 13 heteroatoms. The molecule has 7 nitrogen and oxygen atoms in total. The second-order valence-corrected chi connectivity index (χ2v) is 10.5. The molecule has 0 aliphatic carbocycles. The number of pyridine rings is 1. The van der Waals surface area contributed by atoms with Gasteiger partial charge in [-0.25, -0.2) is 27.2 Å². The Balaban J connectivity index is 1.50. The van der Waals surface area contributed by atoms with Crippen LogP contribution in [0.3, 0.4) is 0 Å². The van der Waals surface area contributed by atoms with Crippen LogP contribution < -0.4 is 0 Å². The number of ketones is 1. The van der Waals surface area contributed by atoms with Crippen molar-refractivity contribution in [1.29, 1.82) is 0 Å². The molecule has 4 rings (SSSR count). The fraction of sp³-hybridized carbons (Fsp3) is 0.333. The van der Waals surface area contributed by atoms with Gasteiger partial charge in [0.1, 0.15) is 12.0 Å². The van der Waals surface area contributed by atoms with E-state index in [0.29, 0.717) is 16.8 Å². The minimum atomic E-state index is -4.68. The van der Waals surface area contributed by atoms with Crippen LogP contribution in [0.1, 0.15) is 29.8 Å². The third-order valence-electron chi connectivity index (χ3n) is 6.05. The number of carbonyl (C=O) groups excluding carboxylic acids is 1. The predicted octanol–water partition coefficient (Wildman–Crippen LogP) is 4.31. The summed E-state index contributed by atoms with van der Waals surface area (Å²) in [5.74, 6) is -2.40. The molecule has 0 spiro atoms. The highest BCUT2D eigenvalue weighted by Crippen LogP contribution is 2.30. The molecule has 1 fully saturated rings. The number of Topliss-reactive ketones (excluding diaryl/α,β-unsaturated/α-hetero) is 1. The number of nitrogens with zero attached hydrogens (tertiary/aromatic N) is 4. The number of aromatic nitrogens is 3. The molecular weight excluding hydrogens is 519 g/mol. The molecule has 196 valence electrons. The molecule has 2 atom stereocenters. The van der Waals surface area contributed by atoms with Crippen molar-refractivity contribution in [2.75, 3.05) is 6.54 Å². The fourth-order valence-corrected chi connectivity index (χ4v) is 5.73. The molecule has 0 unspecified atom stereocenters. The SMILES string of the molecule is Cc1cnc(-c2cnc(C(F)(F)F)nc2)cc1CCC(=O)[C@@H]1C[C@@H](F)CN1S(=O)(=O)c1ccc(F)cc1. The first-order valence-electron chi connectivity index (χ1n) is 11.2. The molecule has 0 saturated carbocycles. The lowest BCUT2D eigenvalue weighted by molar-refractivity contribution is -0.145. The zero-order valence-electron chi connectivity index (χ0n) is 19.4. The smallest absolute Gasteiger partial charge is 0.298 e. The number of halogens is 5. The van der Waals surface area contributed by atoms with Crippen LogP contribution >= 0.6 is 0 Å². The van der Waals surface area contributed by atoms with Crippen molar-refractivity contribution in [1.82, 2.24) is 19.3 Å². The minimum Gasteiger partial charge on any atom is -0.298 e. The monoisotopic (exact) mass is 540 g/mol. The zero-order chi connectivity index (χ0) is 27.0. The summed E-state index contributed by atoms with van der Waals surface area (Å²) >= 11 is 0. The first-order valence-corrected chi connectivity index (χ1v) is 12.6. The lowest BCUT2D eigenvalue weighted by atomic mass is 9.99. The summed E-state index contributed by atoms with van der Waals surface area (Å²) in [4.78, 5) is 23.6. The first kappa shape index (κ1) is 26.7. The van der Waals surface area contributed by atoms with Gasteiger partial charge in [0.25, 0.3) is 0 Å². The Bertz CT molecular complexity index is 1400. The van der Waals surface area contributed by atoms with Crippen LogP contribution in [0.5, 0.6) is 0 Å². The summed E-state index contributed by atoms with van der Waals surface area (Å²) in [6.07, 6.45) is -2.95. The number of alkyl halides is 4. The lowest BCUT2D eigenvalue weighted by Gasteiger charge is -2.23. The van der Waals surface area contributed by atoms with E-state index < -0.39 is 52.4 Å². The van der Waals surface area contributed by atoms with Crippen molar-refractivity contribution in [3.8, 4) is 11.3 Å². The van der Waals surface area contributed by atoms with Crippen LogP contribution in [0, 0.1) is 12.7 Å². The standard InChI is InChI=1S/C24H21F5N4O3S/c1-14-10-30-20(16-11-31-23(32-12-16)24(27,28)29)8-15(14)2-7-22(34)21-9-18(26)13-33(21)37(35,36)19-5-3-17(25)4-6-19/h3-6,8,10-12,18,21H,2,7,9,13H2,1H3/t18-,21+/m1/s1. The van der Waals surface area contributed by atoms with Crippen LogP contribution in [-0.2, 0) is 27.4 Å². The van der Waals surface area contributed by atoms with Crippen LogP contribution in [0.2, 0.25) is 0 Å². The minimum absolute atomic E-state index is 0.110. The van der Waals surface area contributed by atoms with Crippen molar-refractivity contribution in [2.45, 2.75) is 49.5 Å². The summed E-state index contributed by atoms with van der Waals surface area (Å²) in [5, 5.41) is 0. The zero-order valence-corrected chi connectivity index (χ0v) is 20.2. The third-order valence-corrected chi connectivity index (χ3v) is 7.94. The van der Waals surface area contributed by atoms with E-state index in [1.54, 1.807) is 13.0 Å². The largest absolute Gasteiger partial charge is 0.451 e. The number of aryl methyl sites for hydroxylation is 2. The Hall–Kier alpha value is -3.32. The molecule has 1 aromatic carbocycles. The maximum Gasteiger partial charge on any atom is 0.451 e.